The first-order chi connectivity index (χ1) is 15.5. The smallest absolute Gasteiger partial charge is 0.410 e. The van der Waals surface area contributed by atoms with Crippen LogP contribution in [0.4, 0.5) is 13.6 Å². The largest absolute Gasteiger partial charge is 0.598 e. The first kappa shape index (κ1) is 24.0. The molecule has 33 heavy (non-hydrogen) atoms. The van der Waals surface area contributed by atoms with E-state index >= 15 is 8.78 Å². The van der Waals surface area contributed by atoms with Crippen molar-refractivity contribution in [3.63, 3.8) is 0 Å². The highest BCUT2D eigenvalue weighted by Gasteiger charge is 2.64. The fourth-order valence-electron chi connectivity index (χ4n) is 4.93. The molecule has 2 aliphatic heterocycles. The molecule has 1 saturated carbocycles. The fourth-order valence-corrected chi connectivity index (χ4v) is 5.66. The van der Waals surface area contributed by atoms with Crippen molar-refractivity contribution in [1.29, 1.82) is 0 Å². The lowest BCUT2D eigenvalue weighted by Crippen LogP contribution is -2.77. The Morgan fingerprint density at radius 1 is 1.21 bits per heavy atom. The summed E-state index contributed by atoms with van der Waals surface area (Å²) in [6, 6.07) is 12.3. The fraction of sp³-hybridized carbons (Fsp3) is 0.480. The van der Waals surface area contributed by atoms with Crippen LogP contribution in [0.15, 0.2) is 48.5 Å². The van der Waals surface area contributed by atoms with Crippen LogP contribution >= 0.6 is 0 Å². The lowest BCUT2D eigenvalue weighted by atomic mass is 9.64. The van der Waals surface area contributed by atoms with E-state index in [1.165, 1.54) is 11.2 Å². The third-order valence-corrected chi connectivity index (χ3v) is 6.92. The van der Waals surface area contributed by atoms with Gasteiger partial charge in [-0.1, -0.05) is 48.5 Å². The highest BCUT2D eigenvalue weighted by atomic mass is 32.2. The second-order valence-electron chi connectivity index (χ2n) is 9.95. The maximum Gasteiger partial charge on any atom is 0.410 e. The van der Waals surface area contributed by atoms with Gasteiger partial charge in [0.25, 0.3) is 0 Å². The molecule has 1 N–H and O–H groups in total. The zero-order valence-electron chi connectivity index (χ0n) is 19.3. The van der Waals surface area contributed by atoms with Gasteiger partial charge in [0.05, 0.1) is 6.04 Å². The van der Waals surface area contributed by atoms with E-state index in [9.17, 15) is 9.35 Å². The Morgan fingerprint density at radius 2 is 1.88 bits per heavy atom. The van der Waals surface area contributed by atoms with Crippen LogP contribution < -0.4 is 4.72 Å². The SMILES string of the molecule is C[S+]([O-])N[C@@H]1[C@H](Cc2cccc(-c3ccccc3)c2F)N(C(=O)OC(C)(C)C)C2CC1(F)C2. The minimum Gasteiger partial charge on any atom is -0.598 e. The van der Waals surface area contributed by atoms with E-state index < -0.39 is 46.6 Å². The van der Waals surface area contributed by atoms with Gasteiger partial charge in [0.2, 0.25) is 0 Å². The van der Waals surface area contributed by atoms with Gasteiger partial charge in [-0.05, 0) is 38.3 Å². The number of amides is 1. The Hall–Kier alpha value is -2.16. The minimum atomic E-state index is -1.60. The first-order valence-corrected chi connectivity index (χ1v) is 12.7. The number of ether oxygens (including phenoxy) is 1. The predicted molar refractivity (Wildman–Crippen MR) is 125 cm³/mol. The molecule has 0 aromatic heterocycles. The first-order valence-electron chi connectivity index (χ1n) is 11.1. The average molecular weight is 477 g/mol. The molecule has 0 spiro atoms. The molecule has 1 amide bonds. The summed E-state index contributed by atoms with van der Waals surface area (Å²) in [7, 11) is 0. The molecule has 5 nitrogen and oxygen atoms in total. The number of rotatable bonds is 5. The van der Waals surface area contributed by atoms with Gasteiger partial charge in [-0.3, -0.25) is 4.90 Å². The predicted octanol–water partition coefficient (Wildman–Crippen LogP) is 4.78. The molecule has 3 fully saturated rings. The maximum absolute atomic E-state index is 15.7. The van der Waals surface area contributed by atoms with Crippen molar-refractivity contribution in [2.24, 2.45) is 0 Å². The van der Waals surface area contributed by atoms with Gasteiger partial charge < -0.3 is 9.29 Å². The van der Waals surface area contributed by atoms with E-state index in [2.05, 4.69) is 4.72 Å². The van der Waals surface area contributed by atoms with Gasteiger partial charge in [-0.25, -0.2) is 13.6 Å². The molecule has 3 atom stereocenters. The summed E-state index contributed by atoms with van der Waals surface area (Å²) in [5, 5.41) is 0. The zero-order chi connectivity index (χ0) is 24.0. The van der Waals surface area contributed by atoms with Crippen molar-refractivity contribution < 1.29 is 22.9 Å². The van der Waals surface area contributed by atoms with Crippen molar-refractivity contribution in [3.05, 3.63) is 59.9 Å². The quantitative estimate of drug-likeness (QED) is 0.631. The molecule has 1 unspecified atom stereocenters. The van der Waals surface area contributed by atoms with Crippen molar-refractivity contribution in [2.75, 3.05) is 6.26 Å². The Labute approximate surface area is 196 Å². The van der Waals surface area contributed by atoms with Crippen molar-refractivity contribution in [1.82, 2.24) is 9.62 Å². The number of halogens is 2. The van der Waals surface area contributed by atoms with Crippen LogP contribution in [0.5, 0.6) is 0 Å². The number of nitrogens with zero attached hydrogens (tertiary/aromatic N) is 1. The zero-order valence-corrected chi connectivity index (χ0v) is 20.1. The standard InChI is InChI=1S/C25H30F2N2O3S/c1-24(2,3)32-23(30)29-18-14-25(27,15-18)22(28-33(4)31)20(29)13-17-11-8-12-19(21(17)26)16-9-6-5-7-10-16/h5-12,18,20,22,28H,13-15H2,1-4H3/t18?,20-,22+,25?,33?/m0/s1. The summed E-state index contributed by atoms with van der Waals surface area (Å²) in [4.78, 5) is 14.7. The van der Waals surface area contributed by atoms with E-state index in [1.807, 2.05) is 30.3 Å². The number of nitrogens with one attached hydrogen (secondary N) is 1. The lowest BCUT2D eigenvalue weighted by Gasteiger charge is -2.60. The number of carbonyl (C=O) groups excluding carboxylic acids is 1. The molecular weight excluding hydrogens is 446 g/mol. The van der Waals surface area contributed by atoms with Gasteiger partial charge >= 0.3 is 6.09 Å². The third kappa shape index (κ3) is 4.88. The molecule has 2 bridgehead atoms. The molecular formula is C25H30F2N2O3S. The summed E-state index contributed by atoms with van der Waals surface area (Å²) in [5.41, 5.74) is -0.791. The van der Waals surface area contributed by atoms with Crippen LogP contribution in [-0.4, -0.2) is 51.2 Å². The molecule has 178 valence electrons. The lowest BCUT2D eigenvalue weighted by molar-refractivity contribution is -0.131. The Balaban J connectivity index is 1.71. The number of piperidine rings is 2. The molecule has 2 heterocycles. The molecule has 2 aromatic carbocycles. The second kappa shape index (κ2) is 8.89. The number of carbonyl (C=O) groups is 1. The molecule has 5 rings (SSSR count). The van der Waals surface area contributed by atoms with Gasteiger partial charge in [-0.15, -0.1) is 4.72 Å². The Morgan fingerprint density at radius 3 is 2.48 bits per heavy atom. The Bertz CT molecular complexity index is 1010. The van der Waals surface area contributed by atoms with Gasteiger partial charge in [0.15, 0.2) is 0 Å². The topological polar surface area (TPSA) is 64.6 Å². The van der Waals surface area contributed by atoms with E-state index in [0.717, 1.165) is 5.56 Å². The van der Waals surface area contributed by atoms with E-state index in [-0.39, 0.29) is 25.3 Å². The average Bonchev–Trinajstić information content (AvgIpc) is 2.70. The van der Waals surface area contributed by atoms with Gasteiger partial charge in [-0.2, -0.15) is 0 Å². The van der Waals surface area contributed by atoms with Crippen LogP contribution in [-0.2, 0) is 22.5 Å². The normalized spacial score (nSPS) is 27.6. The summed E-state index contributed by atoms with van der Waals surface area (Å²) >= 11 is -1.51. The number of fused-ring (bicyclic) bond motifs is 2. The summed E-state index contributed by atoms with van der Waals surface area (Å²) in [6.45, 7) is 5.30. The van der Waals surface area contributed by atoms with E-state index in [0.29, 0.717) is 11.1 Å². The number of hydrogen-bond acceptors (Lipinski definition) is 4. The van der Waals surface area contributed by atoms with Crippen LogP contribution in [0.25, 0.3) is 11.1 Å². The van der Waals surface area contributed by atoms with Crippen molar-refractivity contribution >= 4 is 17.5 Å². The molecule has 2 saturated heterocycles. The molecule has 1 aliphatic carbocycles. The summed E-state index contributed by atoms with van der Waals surface area (Å²) in [5.74, 6) is -0.406. The van der Waals surface area contributed by atoms with Crippen LogP contribution in [0.1, 0.15) is 39.2 Å². The van der Waals surface area contributed by atoms with Gasteiger partial charge in [0.1, 0.15) is 29.4 Å². The van der Waals surface area contributed by atoms with E-state index in [4.69, 9.17) is 4.74 Å². The monoisotopic (exact) mass is 476 g/mol. The summed E-state index contributed by atoms with van der Waals surface area (Å²) < 4.78 is 51.7. The molecule has 8 heteroatoms. The molecule has 0 radical (unpaired) electrons. The highest BCUT2D eigenvalue weighted by molar-refractivity contribution is 7.88. The minimum absolute atomic E-state index is 0.0722. The Kier molecular flexibility index (Phi) is 6.46. The number of alkyl halides is 1. The highest BCUT2D eigenvalue weighted by Crippen LogP contribution is 2.50. The number of benzene rings is 2. The van der Waals surface area contributed by atoms with Gasteiger partial charge in [0, 0.05) is 35.8 Å². The van der Waals surface area contributed by atoms with Crippen molar-refractivity contribution in [3.8, 4) is 11.1 Å². The van der Waals surface area contributed by atoms with Crippen LogP contribution in [0.2, 0.25) is 0 Å². The third-order valence-electron chi connectivity index (χ3n) is 6.33. The summed E-state index contributed by atoms with van der Waals surface area (Å²) in [6.07, 6.45) is 1.23. The van der Waals surface area contributed by atoms with Crippen molar-refractivity contribution in [2.45, 2.75) is 69.4 Å². The van der Waals surface area contributed by atoms with Crippen LogP contribution in [0, 0.1) is 5.82 Å². The maximum atomic E-state index is 15.7. The molecule has 2 aromatic rings. The van der Waals surface area contributed by atoms with E-state index in [1.54, 1.807) is 39.0 Å². The second-order valence-corrected chi connectivity index (χ2v) is 11.1. The van der Waals surface area contributed by atoms with Crippen LogP contribution in [0.3, 0.4) is 0 Å². The number of hydrogen-bond donors (Lipinski definition) is 1. The molecule has 3 aliphatic rings.